The van der Waals surface area contributed by atoms with Gasteiger partial charge in [0.15, 0.2) is 5.78 Å². The molecule has 0 bridgehead atoms. The number of ketones is 1. The van der Waals surface area contributed by atoms with Gasteiger partial charge in [0.2, 0.25) is 0 Å². The van der Waals surface area contributed by atoms with Crippen LogP contribution in [0.15, 0.2) is 33.3 Å². The van der Waals surface area contributed by atoms with E-state index in [9.17, 15) is 14.9 Å². The third-order valence-electron chi connectivity index (χ3n) is 2.65. The predicted molar refractivity (Wildman–Crippen MR) is 81.6 cm³/mol. The molecule has 0 aliphatic heterocycles. The standard InChI is InChI=1S/C12H9Br2N3O4/c1-21-11-3-2-7(4-8(11)13)10(18)6-16-5-9(14)12(15-16)17(19)20/h2-5H,6H2,1H3. The second-order valence-corrected chi connectivity index (χ2v) is 5.74. The molecule has 1 aromatic heterocycles. The van der Waals surface area contributed by atoms with Gasteiger partial charge in [-0.05, 0) is 55.0 Å². The molecular weight excluding hydrogens is 410 g/mol. The molecule has 9 heteroatoms. The minimum Gasteiger partial charge on any atom is -0.496 e. The fourth-order valence-corrected chi connectivity index (χ4v) is 2.67. The van der Waals surface area contributed by atoms with Crippen LogP contribution in [0, 0.1) is 10.1 Å². The lowest BCUT2D eigenvalue weighted by atomic mass is 10.1. The van der Waals surface area contributed by atoms with Gasteiger partial charge in [0.1, 0.15) is 16.8 Å². The first-order valence-electron chi connectivity index (χ1n) is 5.66. The van der Waals surface area contributed by atoms with E-state index in [1.807, 2.05) is 0 Å². The smallest absolute Gasteiger partial charge is 0.404 e. The van der Waals surface area contributed by atoms with Gasteiger partial charge in [0.25, 0.3) is 0 Å². The molecule has 0 saturated heterocycles. The summed E-state index contributed by atoms with van der Waals surface area (Å²) in [7, 11) is 1.53. The number of halogens is 2. The Kier molecular flexibility index (Phi) is 4.73. The molecule has 1 aromatic carbocycles. The van der Waals surface area contributed by atoms with Crippen LogP contribution in [-0.2, 0) is 6.54 Å². The molecule has 0 aliphatic carbocycles. The van der Waals surface area contributed by atoms with E-state index in [1.165, 1.54) is 18.0 Å². The molecule has 7 nitrogen and oxygen atoms in total. The van der Waals surface area contributed by atoms with Crippen LogP contribution in [0.3, 0.4) is 0 Å². The summed E-state index contributed by atoms with van der Waals surface area (Å²) >= 11 is 6.33. The van der Waals surface area contributed by atoms with Crippen molar-refractivity contribution in [3.63, 3.8) is 0 Å². The predicted octanol–water partition coefficient (Wildman–Crippen LogP) is 3.21. The van der Waals surface area contributed by atoms with Gasteiger partial charge >= 0.3 is 5.82 Å². The Morgan fingerprint density at radius 1 is 1.43 bits per heavy atom. The number of ether oxygens (including phenoxy) is 1. The maximum Gasteiger partial charge on any atom is 0.404 e. The lowest BCUT2D eigenvalue weighted by molar-refractivity contribution is -0.390. The molecule has 0 aliphatic rings. The van der Waals surface area contributed by atoms with Gasteiger partial charge in [-0.2, -0.15) is 4.68 Å². The molecular formula is C12H9Br2N3O4. The zero-order valence-electron chi connectivity index (χ0n) is 10.7. The van der Waals surface area contributed by atoms with Crippen LogP contribution in [0.5, 0.6) is 5.75 Å². The quantitative estimate of drug-likeness (QED) is 0.422. The number of aromatic nitrogens is 2. The van der Waals surface area contributed by atoms with E-state index in [0.717, 1.165) is 0 Å². The fourth-order valence-electron chi connectivity index (χ4n) is 1.67. The highest BCUT2D eigenvalue weighted by Gasteiger charge is 2.20. The number of nitrogens with zero attached hydrogens (tertiary/aromatic N) is 3. The van der Waals surface area contributed by atoms with Crippen molar-refractivity contribution in [2.24, 2.45) is 0 Å². The third-order valence-corrected chi connectivity index (χ3v) is 3.83. The Labute approximate surface area is 136 Å². The second kappa shape index (κ2) is 6.35. The van der Waals surface area contributed by atoms with E-state index >= 15 is 0 Å². The Hall–Kier alpha value is -1.74. The average Bonchev–Trinajstić information content (AvgIpc) is 2.79. The monoisotopic (exact) mass is 417 g/mol. The van der Waals surface area contributed by atoms with Crippen molar-refractivity contribution in [2.45, 2.75) is 6.54 Å². The first-order chi connectivity index (χ1) is 9.92. The van der Waals surface area contributed by atoms with E-state index in [2.05, 4.69) is 37.0 Å². The highest BCUT2D eigenvalue weighted by Crippen LogP contribution is 2.26. The molecule has 0 radical (unpaired) electrons. The van der Waals surface area contributed by atoms with E-state index in [-0.39, 0.29) is 22.6 Å². The number of carbonyl (C=O) groups is 1. The first kappa shape index (κ1) is 15.6. The normalized spacial score (nSPS) is 10.4. The molecule has 21 heavy (non-hydrogen) atoms. The highest BCUT2D eigenvalue weighted by molar-refractivity contribution is 9.11. The van der Waals surface area contributed by atoms with E-state index in [0.29, 0.717) is 15.8 Å². The van der Waals surface area contributed by atoms with Crippen molar-refractivity contribution < 1.29 is 14.5 Å². The minimum atomic E-state index is -0.616. The summed E-state index contributed by atoms with van der Waals surface area (Å²) in [5, 5.41) is 14.4. The zero-order chi connectivity index (χ0) is 15.6. The van der Waals surface area contributed by atoms with Crippen LogP contribution >= 0.6 is 31.9 Å². The van der Waals surface area contributed by atoms with E-state index < -0.39 is 4.92 Å². The lowest BCUT2D eigenvalue weighted by Gasteiger charge is -2.05. The Balaban J connectivity index is 2.20. The summed E-state index contributed by atoms with van der Waals surface area (Å²) in [6.07, 6.45) is 1.40. The first-order valence-corrected chi connectivity index (χ1v) is 7.25. The second-order valence-electron chi connectivity index (χ2n) is 4.03. The number of methoxy groups -OCH3 is 1. The minimum absolute atomic E-state index is 0.0921. The highest BCUT2D eigenvalue weighted by atomic mass is 79.9. The molecule has 2 aromatic rings. The topological polar surface area (TPSA) is 87.3 Å². The number of hydrogen-bond donors (Lipinski definition) is 0. The number of carbonyl (C=O) groups excluding carboxylic acids is 1. The Bertz CT molecular complexity index is 715. The van der Waals surface area contributed by atoms with Crippen molar-refractivity contribution in [3.8, 4) is 5.75 Å². The van der Waals surface area contributed by atoms with Crippen molar-refractivity contribution in [2.75, 3.05) is 7.11 Å². The molecule has 0 unspecified atom stereocenters. The Morgan fingerprint density at radius 3 is 2.67 bits per heavy atom. The molecule has 110 valence electrons. The molecule has 0 spiro atoms. The van der Waals surface area contributed by atoms with Gasteiger partial charge in [-0.3, -0.25) is 4.79 Å². The zero-order valence-corrected chi connectivity index (χ0v) is 13.9. The lowest BCUT2D eigenvalue weighted by Crippen LogP contribution is -2.11. The maximum absolute atomic E-state index is 12.1. The summed E-state index contributed by atoms with van der Waals surface area (Å²) in [6, 6.07) is 4.92. The van der Waals surface area contributed by atoms with Gasteiger partial charge in [-0.25, -0.2) is 0 Å². The maximum atomic E-state index is 12.1. The molecule has 2 rings (SSSR count). The summed E-state index contributed by atoms with van der Waals surface area (Å²) in [5.74, 6) is 0.0750. The molecule has 0 fully saturated rings. The number of rotatable bonds is 5. The number of benzene rings is 1. The van der Waals surface area contributed by atoms with Crippen molar-refractivity contribution in [1.82, 2.24) is 9.78 Å². The molecule has 0 saturated carbocycles. The van der Waals surface area contributed by atoms with Crippen molar-refractivity contribution in [3.05, 3.63) is 49.0 Å². The summed E-state index contributed by atoms with van der Waals surface area (Å²) in [5.41, 5.74) is 0.456. The van der Waals surface area contributed by atoms with E-state index in [4.69, 9.17) is 4.74 Å². The Morgan fingerprint density at radius 2 is 2.14 bits per heavy atom. The molecule has 0 atom stereocenters. The molecule has 0 amide bonds. The van der Waals surface area contributed by atoms with Crippen LogP contribution in [0.2, 0.25) is 0 Å². The van der Waals surface area contributed by atoms with Crippen molar-refractivity contribution in [1.29, 1.82) is 0 Å². The van der Waals surface area contributed by atoms with Gasteiger partial charge in [-0.15, -0.1) is 0 Å². The van der Waals surface area contributed by atoms with Crippen LogP contribution in [0.1, 0.15) is 10.4 Å². The van der Waals surface area contributed by atoms with Gasteiger partial charge < -0.3 is 14.9 Å². The number of Topliss-reactive ketones (excluding diaryl/α,β-unsaturated/α-hetero) is 1. The SMILES string of the molecule is COc1ccc(C(=O)Cn2cc(Br)c([N+](=O)[O-])n2)cc1Br. The molecule has 1 heterocycles. The number of nitro groups is 1. The van der Waals surface area contributed by atoms with Gasteiger partial charge in [0, 0.05) is 5.56 Å². The van der Waals surface area contributed by atoms with Crippen LogP contribution < -0.4 is 4.74 Å². The summed E-state index contributed by atoms with van der Waals surface area (Å²) in [6.45, 7) is -0.0921. The fraction of sp³-hybridized carbons (Fsp3) is 0.167. The molecule has 0 N–H and O–H groups in total. The van der Waals surface area contributed by atoms with E-state index in [1.54, 1.807) is 18.2 Å². The van der Waals surface area contributed by atoms with Crippen LogP contribution in [0.25, 0.3) is 0 Å². The van der Waals surface area contributed by atoms with Crippen LogP contribution in [0.4, 0.5) is 5.82 Å². The number of hydrogen-bond acceptors (Lipinski definition) is 5. The summed E-state index contributed by atoms with van der Waals surface area (Å²) < 4.78 is 7.20. The summed E-state index contributed by atoms with van der Waals surface area (Å²) in [4.78, 5) is 22.2. The largest absolute Gasteiger partial charge is 0.496 e. The average molecular weight is 419 g/mol. The van der Waals surface area contributed by atoms with Crippen LogP contribution in [-0.4, -0.2) is 27.6 Å². The van der Waals surface area contributed by atoms with Gasteiger partial charge in [-0.1, -0.05) is 0 Å². The van der Waals surface area contributed by atoms with Gasteiger partial charge in [0.05, 0.1) is 22.9 Å². The third kappa shape index (κ3) is 3.48. The van der Waals surface area contributed by atoms with Crippen molar-refractivity contribution >= 4 is 43.5 Å².